The van der Waals surface area contributed by atoms with Gasteiger partial charge in [-0.15, -0.1) is 0 Å². The predicted molar refractivity (Wildman–Crippen MR) is 93.9 cm³/mol. The van der Waals surface area contributed by atoms with E-state index in [1.54, 1.807) is 11.3 Å². The SMILES string of the molecule is CC(C)Nc1ccc(-c2ccc(-c3ccsc3)cc2)cc1. The molecule has 1 heterocycles. The number of nitrogens with one attached hydrogen (secondary N) is 1. The third kappa shape index (κ3) is 3.34. The minimum absolute atomic E-state index is 0.459. The van der Waals surface area contributed by atoms with E-state index in [-0.39, 0.29) is 0 Å². The zero-order chi connectivity index (χ0) is 14.7. The molecule has 1 N–H and O–H groups in total. The Morgan fingerprint density at radius 3 is 1.71 bits per heavy atom. The average Bonchev–Trinajstić information content (AvgIpc) is 3.02. The molecule has 0 radical (unpaired) electrons. The Morgan fingerprint density at radius 2 is 1.24 bits per heavy atom. The van der Waals surface area contributed by atoms with Gasteiger partial charge < -0.3 is 5.32 Å². The Morgan fingerprint density at radius 1 is 0.714 bits per heavy atom. The van der Waals surface area contributed by atoms with Crippen molar-refractivity contribution >= 4 is 17.0 Å². The quantitative estimate of drug-likeness (QED) is 0.631. The molecular formula is C19H19NS. The summed E-state index contributed by atoms with van der Waals surface area (Å²) in [5.41, 5.74) is 6.25. The molecule has 21 heavy (non-hydrogen) atoms. The minimum Gasteiger partial charge on any atom is -0.383 e. The lowest BCUT2D eigenvalue weighted by Crippen LogP contribution is -2.09. The summed E-state index contributed by atoms with van der Waals surface area (Å²) in [5.74, 6) is 0. The molecule has 106 valence electrons. The fourth-order valence-corrected chi connectivity index (χ4v) is 3.04. The summed E-state index contributed by atoms with van der Waals surface area (Å²) in [5, 5.41) is 7.71. The van der Waals surface area contributed by atoms with Gasteiger partial charge in [-0.05, 0) is 65.1 Å². The molecule has 0 aliphatic rings. The van der Waals surface area contributed by atoms with Gasteiger partial charge in [0.2, 0.25) is 0 Å². The molecule has 0 bridgehead atoms. The van der Waals surface area contributed by atoms with Gasteiger partial charge >= 0.3 is 0 Å². The van der Waals surface area contributed by atoms with Gasteiger partial charge in [0, 0.05) is 11.7 Å². The Hall–Kier alpha value is -2.06. The Kier molecular flexibility index (Phi) is 4.07. The Labute approximate surface area is 130 Å². The highest BCUT2D eigenvalue weighted by Gasteiger charge is 2.01. The van der Waals surface area contributed by atoms with Crippen molar-refractivity contribution in [1.82, 2.24) is 0 Å². The molecule has 1 nitrogen and oxygen atoms in total. The van der Waals surface area contributed by atoms with E-state index in [1.165, 1.54) is 27.9 Å². The summed E-state index contributed by atoms with van der Waals surface area (Å²) in [6, 6.07) is 20.0. The molecule has 0 spiro atoms. The molecule has 0 fully saturated rings. The largest absolute Gasteiger partial charge is 0.383 e. The van der Waals surface area contributed by atoms with Crippen LogP contribution in [0.1, 0.15) is 13.8 Å². The predicted octanol–water partition coefficient (Wildman–Crippen LogP) is 5.90. The van der Waals surface area contributed by atoms with E-state index in [9.17, 15) is 0 Å². The Bertz CT molecular complexity index is 679. The van der Waals surface area contributed by atoms with Crippen molar-refractivity contribution in [3.63, 3.8) is 0 Å². The third-order valence-corrected chi connectivity index (χ3v) is 4.10. The standard InChI is InChI=1S/C19H19NS/c1-14(2)20-19-9-7-16(8-10-19)15-3-5-17(6-4-15)18-11-12-21-13-18/h3-14,20H,1-2H3. The van der Waals surface area contributed by atoms with Crippen LogP contribution in [0.25, 0.3) is 22.3 Å². The van der Waals surface area contributed by atoms with E-state index in [2.05, 4.69) is 84.5 Å². The van der Waals surface area contributed by atoms with Crippen molar-refractivity contribution in [3.8, 4) is 22.3 Å². The van der Waals surface area contributed by atoms with Crippen LogP contribution in [0.5, 0.6) is 0 Å². The molecular weight excluding hydrogens is 274 g/mol. The molecule has 3 aromatic rings. The van der Waals surface area contributed by atoms with Crippen LogP contribution < -0.4 is 5.32 Å². The fraction of sp³-hybridized carbons (Fsp3) is 0.158. The summed E-state index contributed by atoms with van der Waals surface area (Å²) in [6.45, 7) is 4.30. The lowest BCUT2D eigenvalue weighted by Gasteiger charge is -2.10. The number of rotatable bonds is 4. The fourth-order valence-electron chi connectivity index (χ4n) is 2.38. The molecule has 2 aromatic carbocycles. The molecule has 2 heteroatoms. The summed E-state index contributed by atoms with van der Waals surface area (Å²) in [4.78, 5) is 0. The van der Waals surface area contributed by atoms with E-state index in [4.69, 9.17) is 0 Å². The zero-order valence-corrected chi connectivity index (χ0v) is 13.2. The number of hydrogen-bond acceptors (Lipinski definition) is 2. The van der Waals surface area contributed by atoms with Crippen LogP contribution >= 0.6 is 11.3 Å². The number of thiophene rings is 1. The second-order valence-electron chi connectivity index (χ2n) is 5.47. The number of anilines is 1. The average molecular weight is 293 g/mol. The van der Waals surface area contributed by atoms with Crippen molar-refractivity contribution < 1.29 is 0 Å². The first-order chi connectivity index (χ1) is 10.2. The highest BCUT2D eigenvalue weighted by molar-refractivity contribution is 7.08. The van der Waals surface area contributed by atoms with Gasteiger partial charge in [-0.1, -0.05) is 36.4 Å². The molecule has 0 saturated carbocycles. The van der Waals surface area contributed by atoms with E-state index in [0.29, 0.717) is 6.04 Å². The van der Waals surface area contributed by atoms with E-state index < -0.39 is 0 Å². The van der Waals surface area contributed by atoms with Gasteiger partial charge in [0.15, 0.2) is 0 Å². The summed E-state index contributed by atoms with van der Waals surface area (Å²) in [6.07, 6.45) is 0. The highest BCUT2D eigenvalue weighted by Crippen LogP contribution is 2.27. The summed E-state index contributed by atoms with van der Waals surface area (Å²) < 4.78 is 0. The van der Waals surface area contributed by atoms with Gasteiger partial charge in [-0.3, -0.25) is 0 Å². The number of benzene rings is 2. The maximum absolute atomic E-state index is 3.41. The maximum atomic E-state index is 3.41. The van der Waals surface area contributed by atoms with E-state index >= 15 is 0 Å². The van der Waals surface area contributed by atoms with Gasteiger partial charge in [0.25, 0.3) is 0 Å². The van der Waals surface area contributed by atoms with Crippen molar-refractivity contribution in [3.05, 3.63) is 65.4 Å². The first-order valence-corrected chi connectivity index (χ1v) is 8.16. The first kappa shape index (κ1) is 13.9. The van der Waals surface area contributed by atoms with Crippen molar-refractivity contribution in [2.24, 2.45) is 0 Å². The Balaban J connectivity index is 1.80. The molecule has 0 aliphatic heterocycles. The normalized spacial score (nSPS) is 10.8. The molecule has 0 saturated heterocycles. The monoisotopic (exact) mass is 293 g/mol. The van der Waals surface area contributed by atoms with Crippen LogP contribution in [-0.4, -0.2) is 6.04 Å². The van der Waals surface area contributed by atoms with Crippen molar-refractivity contribution in [1.29, 1.82) is 0 Å². The lowest BCUT2D eigenvalue weighted by atomic mass is 10.0. The van der Waals surface area contributed by atoms with Gasteiger partial charge in [0.1, 0.15) is 0 Å². The van der Waals surface area contributed by atoms with Crippen LogP contribution in [0.4, 0.5) is 5.69 Å². The smallest absolute Gasteiger partial charge is 0.0342 e. The van der Waals surface area contributed by atoms with Crippen LogP contribution in [0, 0.1) is 0 Å². The van der Waals surface area contributed by atoms with Crippen molar-refractivity contribution in [2.75, 3.05) is 5.32 Å². The highest BCUT2D eigenvalue weighted by atomic mass is 32.1. The zero-order valence-electron chi connectivity index (χ0n) is 12.3. The maximum Gasteiger partial charge on any atom is 0.0342 e. The van der Waals surface area contributed by atoms with E-state index in [1.807, 2.05) is 0 Å². The molecule has 0 aliphatic carbocycles. The summed E-state index contributed by atoms with van der Waals surface area (Å²) >= 11 is 1.73. The van der Waals surface area contributed by atoms with Crippen LogP contribution in [0.3, 0.4) is 0 Å². The summed E-state index contributed by atoms with van der Waals surface area (Å²) in [7, 11) is 0. The first-order valence-electron chi connectivity index (χ1n) is 7.22. The van der Waals surface area contributed by atoms with Gasteiger partial charge in [-0.2, -0.15) is 11.3 Å². The lowest BCUT2D eigenvalue weighted by molar-refractivity contribution is 0.900. The molecule has 0 amide bonds. The van der Waals surface area contributed by atoms with E-state index in [0.717, 1.165) is 0 Å². The van der Waals surface area contributed by atoms with Crippen LogP contribution in [-0.2, 0) is 0 Å². The molecule has 1 aromatic heterocycles. The second-order valence-corrected chi connectivity index (χ2v) is 6.25. The van der Waals surface area contributed by atoms with Gasteiger partial charge in [0.05, 0.1) is 0 Å². The topological polar surface area (TPSA) is 12.0 Å². The second kappa shape index (κ2) is 6.15. The molecule has 3 rings (SSSR count). The molecule has 0 atom stereocenters. The van der Waals surface area contributed by atoms with Gasteiger partial charge in [-0.25, -0.2) is 0 Å². The molecule has 0 unspecified atom stereocenters. The van der Waals surface area contributed by atoms with Crippen LogP contribution in [0.15, 0.2) is 65.4 Å². The third-order valence-electron chi connectivity index (χ3n) is 3.41. The number of hydrogen-bond donors (Lipinski definition) is 1. The minimum atomic E-state index is 0.459. The van der Waals surface area contributed by atoms with Crippen LogP contribution in [0.2, 0.25) is 0 Å². The van der Waals surface area contributed by atoms with Crippen molar-refractivity contribution in [2.45, 2.75) is 19.9 Å².